The van der Waals surface area contributed by atoms with Crippen LogP contribution in [-0.4, -0.2) is 41.4 Å². The van der Waals surface area contributed by atoms with Crippen molar-refractivity contribution in [3.05, 3.63) is 29.8 Å². The predicted molar refractivity (Wildman–Crippen MR) is 90.7 cm³/mol. The van der Waals surface area contributed by atoms with E-state index in [1.807, 2.05) is 24.3 Å². The molecular formula is C19H22N2O4. The molecule has 1 N–H and O–H groups in total. The van der Waals surface area contributed by atoms with E-state index in [-0.39, 0.29) is 54.7 Å². The second-order valence-electron chi connectivity index (χ2n) is 7.02. The maximum atomic E-state index is 12.5. The Morgan fingerprint density at radius 2 is 1.88 bits per heavy atom. The van der Waals surface area contributed by atoms with Crippen LogP contribution in [0, 0.1) is 11.8 Å². The van der Waals surface area contributed by atoms with E-state index in [9.17, 15) is 14.4 Å². The maximum absolute atomic E-state index is 12.5. The molecule has 3 amide bonds. The van der Waals surface area contributed by atoms with Crippen molar-refractivity contribution in [1.29, 1.82) is 0 Å². The van der Waals surface area contributed by atoms with Gasteiger partial charge in [-0.3, -0.25) is 19.3 Å². The van der Waals surface area contributed by atoms with Gasteiger partial charge in [0.05, 0.1) is 24.0 Å². The second kappa shape index (κ2) is 6.26. The average molecular weight is 342 g/mol. The number of hydrogen-bond donors (Lipinski definition) is 1. The summed E-state index contributed by atoms with van der Waals surface area (Å²) in [6.07, 6.45) is 2.50. The molecule has 0 aromatic heterocycles. The van der Waals surface area contributed by atoms with Crippen LogP contribution in [0.4, 0.5) is 5.69 Å². The molecule has 0 radical (unpaired) electrons. The van der Waals surface area contributed by atoms with Crippen molar-refractivity contribution < 1.29 is 19.1 Å². The normalized spacial score (nSPS) is 30.0. The lowest BCUT2D eigenvalue weighted by Gasteiger charge is -2.17. The van der Waals surface area contributed by atoms with Gasteiger partial charge in [-0.15, -0.1) is 0 Å². The van der Waals surface area contributed by atoms with Crippen molar-refractivity contribution in [2.45, 2.75) is 44.8 Å². The van der Waals surface area contributed by atoms with Crippen LogP contribution < -0.4 is 5.32 Å². The summed E-state index contributed by atoms with van der Waals surface area (Å²) in [6.45, 7) is 2.20. The summed E-state index contributed by atoms with van der Waals surface area (Å²) in [6, 6.07) is 7.68. The third kappa shape index (κ3) is 2.74. The molecule has 3 aliphatic heterocycles. The summed E-state index contributed by atoms with van der Waals surface area (Å²) >= 11 is 0. The molecule has 0 saturated carbocycles. The molecule has 3 fully saturated rings. The van der Waals surface area contributed by atoms with Gasteiger partial charge in [-0.2, -0.15) is 0 Å². The smallest absolute Gasteiger partial charge is 0.235 e. The molecular weight excluding hydrogens is 320 g/mol. The third-order valence-corrected chi connectivity index (χ3v) is 5.56. The van der Waals surface area contributed by atoms with Gasteiger partial charge in [0, 0.05) is 18.7 Å². The SMILES string of the molecule is CCc1cccc(NC(=O)CCN2C(=O)[C@@H]3[C@H](C2=O)[C@H]2CC[C@H]3O2)c1. The Labute approximate surface area is 146 Å². The van der Waals surface area contributed by atoms with Crippen molar-refractivity contribution in [3.8, 4) is 0 Å². The van der Waals surface area contributed by atoms with Gasteiger partial charge in [0.2, 0.25) is 17.7 Å². The number of nitrogens with zero attached hydrogens (tertiary/aromatic N) is 1. The fraction of sp³-hybridized carbons (Fsp3) is 0.526. The Kier molecular flexibility index (Phi) is 4.07. The Morgan fingerprint density at radius 1 is 1.20 bits per heavy atom. The molecule has 132 valence electrons. The molecule has 0 unspecified atom stereocenters. The summed E-state index contributed by atoms with van der Waals surface area (Å²) in [5.41, 5.74) is 1.89. The van der Waals surface area contributed by atoms with Crippen LogP contribution in [0.2, 0.25) is 0 Å². The topological polar surface area (TPSA) is 75.7 Å². The molecule has 4 atom stereocenters. The Bertz CT molecular complexity index is 704. The van der Waals surface area contributed by atoms with E-state index in [0.717, 1.165) is 30.5 Å². The molecule has 3 aliphatic rings. The predicted octanol–water partition coefficient (Wildman–Crippen LogP) is 1.74. The molecule has 0 spiro atoms. The first-order valence-corrected chi connectivity index (χ1v) is 8.98. The number of rotatable bonds is 5. The molecule has 25 heavy (non-hydrogen) atoms. The highest BCUT2D eigenvalue weighted by Gasteiger charge is 2.62. The minimum Gasteiger partial charge on any atom is -0.373 e. The number of likely N-dealkylation sites (tertiary alicyclic amines) is 1. The van der Waals surface area contributed by atoms with E-state index < -0.39 is 0 Å². The van der Waals surface area contributed by atoms with Crippen molar-refractivity contribution in [1.82, 2.24) is 4.90 Å². The lowest BCUT2D eigenvalue weighted by molar-refractivity contribution is -0.142. The van der Waals surface area contributed by atoms with Crippen LogP contribution in [0.15, 0.2) is 24.3 Å². The molecule has 6 heteroatoms. The Balaban J connectivity index is 1.36. The van der Waals surface area contributed by atoms with Crippen molar-refractivity contribution in [2.75, 3.05) is 11.9 Å². The number of imide groups is 1. The van der Waals surface area contributed by atoms with E-state index in [4.69, 9.17) is 4.74 Å². The highest BCUT2D eigenvalue weighted by molar-refractivity contribution is 6.06. The van der Waals surface area contributed by atoms with Crippen LogP contribution in [0.25, 0.3) is 0 Å². The van der Waals surface area contributed by atoms with Gasteiger partial charge < -0.3 is 10.1 Å². The highest BCUT2D eigenvalue weighted by atomic mass is 16.5. The van der Waals surface area contributed by atoms with Crippen LogP contribution in [0.1, 0.15) is 31.7 Å². The molecule has 6 nitrogen and oxygen atoms in total. The molecule has 1 aromatic carbocycles. The summed E-state index contributed by atoms with van der Waals surface area (Å²) in [7, 11) is 0. The first-order chi connectivity index (χ1) is 12.1. The average Bonchev–Trinajstić information content (AvgIpc) is 3.28. The number of nitrogens with one attached hydrogen (secondary N) is 1. The second-order valence-corrected chi connectivity index (χ2v) is 7.02. The zero-order chi connectivity index (χ0) is 17.6. The monoisotopic (exact) mass is 342 g/mol. The molecule has 3 saturated heterocycles. The van der Waals surface area contributed by atoms with Crippen LogP contribution >= 0.6 is 0 Å². The van der Waals surface area contributed by atoms with Crippen molar-refractivity contribution in [2.24, 2.45) is 11.8 Å². The lowest BCUT2D eigenvalue weighted by atomic mass is 9.81. The van der Waals surface area contributed by atoms with E-state index in [1.54, 1.807) is 0 Å². The zero-order valence-electron chi connectivity index (χ0n) is 14.2. The number of hydrogen-bond acceptors (Lipinski definition) is 4. The van der Waals surface area contributed by atoms with Gasteiger partial charge in [0.1, 0.15) is 0 Å². The highest BCUT2D eigenvalue weighted by Crippen LogP contribution is 2.48. The Hall–Kier alpha value is -2.21. The molecule has 2 bridgehead atoms. The first-order valence-electron chi connectivity index (χ1n) is 8.98. The number of amides is 3. The minimum absolute atomic E-state index is 0.109. The summed E-state index contributed by atoms with van der Waals surface area (Å²) in [5.74, 6) is -1.16. The van der Waals surface area contributed by atoms with E-state index >= 15 is 0 Å². The summed E-state index contributed by atoms with van der Waals surface area (Å²) < 4.78 is 5.71. The minimum atomic E-state index is -0.324. The fourth-order valence-corrected chi connectivity index (χ4v) is 4.30. The molecule has 0 aliphatic carbocycles. The van der Waals surface area contributed by atoms with Crippen molar-refractivity contribution in [3.63, 3.8) is 0 Å². The van der Waals surface area contributed by atoms with E-state index in [2.05, 4.69) is 12.2 Å². The largest absolute Gasteiger partial charge is 0.373 e. The van der Waals surface area contributed by atoms with Gasteiger partial charge in [-0.1, -0.05) is 19.1 Å². The third-order valence-electron chi connectivity index (χ3n) is 5.56. The molecule has 3 heterocycles. The van der Waals surface area contributed by atoms with Gasteiger partial charge in [0.25, 0.3) is 0 Å². The van der Waals surface area contributed by atoms with Crippen LogP contribution in [-0.2, 0) is 25.5 Å². The summed E-state index contributed by atoms with van der Waals surface area (Å²) in [5, 5.41) is 2.84. The van der Waals surface area contributed by atoms with E-state index in [1.165, 1.54) is 4.90 Å². The standard InChI is InChI=1S/C19H22N2O4/c1-2-11-4-3-5-12(10-11)20-15(22)8-9-21-18(23)16-13-6-7-14(25-13)17(16)19(21)24/h3-5,10,13-14,16-17H,2,6-9H2,1H3,(H,20,22)/t13-,14-,16-,17+/m1/s1. The van der Waals surface area contributed by atoms with E-state index in [0.29, 0.717) is 0 Å². The number of benzene rings is 1. The van der Waals surface area contributed by atoms with Gasteiger partial charge >= 0.3 is 0 Å². The molecule has 1 aromatic rings. The summed E-state index contributed by atoms with van der Waals surface area (Å²) in [4.78, 5) is 38.5. The number of carbonyl (C=O) groups is 3. The molecule has 4 rings (SSSR count). The fourth-order valence-electron chi connectivity index (χ4n) is 4.30. The Morgan fingerprint density at radius 3 is 2.52 bits per heavy atom. The number of aryl methyl sites for hydroxylation is 1. The number of ether oxygens (including phenoxy) is 1. The quantitative estimate of drug-likeness (QED) is 0.827. The first kappa shape index (κ1) is 16.3. The number of fused-ring (bicyclic) bond motifs is 5. The number of carbonyl (C=O) groups excluding carboxylic acids is 3. The van der Waals surface area contributed by atoms with Gasteiger partial charge in [-0.05, 0) is 37.0 Å². The zero-order valence-corrected chi connectivity index (χ0v) is 14.2. The maximum Gasteiger partial charge on any atom is 0.235 e. The number of anilines is 1. The van der Waals surface area contributed by atoms with Crippen molar-refractivity contribution >= 4 is 23.4 Å². The van der Waals surface area contributed by atoms with Crippen LogP contribution in [0.5, 0.6) is 0 Å². The lowest BCUT2D eigenvalue weighted by Crippen LogP contribution is -2.36. The van der Waals surface area contributed by atoms with Gasteiger partial charge in [-0.25, -0.2) is 0 Å². The van der Waals surface area contributed by atoms with Gasteiger partial charge in [0.15, 0.2) is 0 Å². The van der Waals surface area contributed by atoms with Crippen LogP contribution in [0.3, 0.4) is 0 Å².